The number of rotatable bonds is 2. The molecule has 0 spiro atoms. The van der Waals surface area contributed by atoms with E-state index in [4.69, 9.17) is 4.98 Å². The van der Waals surface area contributed by atoms with E-state index in [0.29, 0.717) is 33.3 Å². The lowest BCUT2D eigenvalue weighted by atomic mass is 9.93. The fraction of sp³-hybridized carbons (Fsp3) is 0. The number of hydrogen-bond donors (Lipinski definition) is 0. The van der Waals surface area contributed by atoms with Crippen LogP contribution in [0.1, 0.15) is 15.9 Å². The zero-order valence-electron chi connectivity index (χ0n) is 14.5. The molecule has 6 heteroatoms. The van der Waals surface area contributed by atoms with Gasteiger partial charge in [-0.1, -0.05) is 54.6 Å². The fourth-order valence-corrected chi connectivity index (χ4v) is 3.71. The van der Waals surface area contributed by atoms with Crippen LogP contribution in [-0.2, 0) is 0 Å². The summed E-state index contributed by atoms with van der Waals surface area (Å²) in [4.78, 5) is 28.7. The largest absolute Gasteiger partial charge is 0.288 e. The molecule has 0 amide bonds. The number of carbonyl (C=O) groups is 1. The van der Waals surface area contributed by atoms with Crippen LogP contribution >= 0.6 is 12.4 Å². The van der Waals surface area contributed by atoms with Crippen LogP contribution < -0.4 is 0 Å². The van der Waals surface area contributed by atoms with Crippen LogP contribution in [0.15, 0.2) is 72.8 Å². The monoisotopic (exact) mass is 388 g/mol. The number of ketones is 1. The molecular weight excluding hydrogens is 376 g/mol. The lowest BCUT2D eigenvalue weighted by Gasteiger charge is -2.12. The Bertz CT molecular complexity index is 1270. The predicted octanol–water partition coefficient (Wildman–Crippen LogP) is 5.44. The molecule has 3 aromatic carbocycles. The van der Waals surface area contributed by atoms with Gasteiger partial charge in [-0.15, -0.1) is 12.4 Å². The standard InChI is InChI=1S/C22H12N2O3.ClH/c25-22-16-9-5-4-8-15(16)21-20(22)19(13-6-2-1-3-7-13)17-12-14(24(26)27)10-11-18(17)23-21;/h1-12H;1H. The Morgan fingerprint density at radius 3 is 2.21 bits per heavy atom. The first kappa shape index (κ1) is 17.8. The second-order valence-electron chi connectivity index (χ2n) is 6.41. The molecule has 1 aliphatic rings. The number of nitrogens with zero attached hydrogens (tertiary/aromatic N) is 2. The van der Waals surface area contributed by atoms with Gasteiger partial charge in [-0.3, -0.25) is 14.9 Å². The predicted molar refractivity (Wildman–Crippen MR) is 110 cm³/mol. The number of non-ortho nitro benzene ring substituents is 1. The molecule has 1 heterocycles. The van der Waals surface area contributed by atoms with Gasteiger partial charge in [0.15, 0.2) is 5.78 Å². The molecule has 0 aliphatic heterocycles. The van der Waals surface area contributed by atoms with E-state index in [1.807, 2.05) is 48.5 Å². The Kier molecular flexibility index (Phi) is 4.17. The highest BCUT2D eigenvalue weighted by Gasteiger charge is 2.32. The number of benzene rings is 3. The Hall–Kier alpha value is -3.57. The van der Waals surface area contributed by atoms with E-state index in [-0.39, 0.29) is 23.9 Å². The van der Waals surface area contributed by atoms with E-state index in [0.717, 1.165) is 11.1 Å². The van der Waals surface area contributed by atoms with Crippen molar-refractivity contribution in [3.8, 4) is 22.4 Å². The fourth-order valence-electron chi connectivity index (χ4n) is 3.71. The number of fused-ring (bicyclic) bond motifs is 4. The molecule has 0 bridgehead atoms. The van der Waals surface area contributed by atoms with Crippen molar-refractivity contribution in [3.05, 3.63) is 94.0 Å². The third-order valence-corrected chi connectivity index (χ3v) is 4.90. The zero-order chi connectivity index (χ0) is 18.5. The third kappa shape index (κ3) is 2.48. The molecule has 0 atom stereocenters. The Morgan fingerprint density at radius 2 is 1.50 bits per heavy atom. The van der Waals surface area contributed by atoms with Gasteiger partial charge in [0, 0.05) is 34.2 Å². The summed E-state index contributed by atoms with van der Waals surface area (Å²) in [5.41, 5.74) is 4.69. The van der Waals surface area contributed by atoms with Crippen molar-refractivity contribution < 1.29 is 9.72 Å². The smallest absolute Gasteiger partial charge is 0.270 e. The van der Waals surface area contributed by atoms with Gasteiger partial charge in [-0.2, -0.15) is 0 Å². The summed E-state index contributed by atoms with van der Waals surface area (Å²) in [5.74, 6) is -0.0969. The number of aromatic nitrogens is 1. The summed E-state index contributed by atoms with van der Waals surface area (Å²) in [6.45, 7) is 0. The Morgan fingerprint density at radius 1 is 0.821 bits per heavy atom. The van der Waals surface area contributed by atoms with Gasteiger partial charge in [0.2, 0.25) is 0 Å². The van der Waals surface area contributed by atoms with Gasteiger partial charge < -0.3 is 0 Å². The molecule has 136 valence electrons. The number of carbonyl (C=O) groups excluding carboxylic acids is 1. The average Bonchev–Trinajstić information content (AvgIpc) is 2.99. The summed E-state index contributed by atoms with van der Waals surface area (Å²) < 4.78 is 0. The van der Waals surface area contributed by atoms with Crippen molar-refractivity contribution >= 4 is 34.8 Å². The first-order chi connectivity index (χ1) is 13.1. The first-order valence-electron chi connectivity index (χ1n) is 8.47. The molecule has 5 rings (SSSR count). The molecule has 28 heavy (non-hydrogen) atoms. The summed E-state index contributed by atoms with van der Waals surface area (Å²) in [6, 6.07) is 21.5. The van der Waals surface area contributed by atoms with Gasteiger partial charge in [0.25, 0.3) is 5.69 Å². The Labute approximate surface area is 166 Å². The average molecular weight is 389 g/mol. The molecule has 0 fully saturated rings. The second kappa shape index (κ2) is 6.55. The second-order valence-corrected chi connectivity index (χ2v) is 6.41. The van der Waals surface area contributed by atoms with Crippen molar-refractivity contribution in [1.29, 1.82) is 0 Å². The summed E-state index contributed by atoms with van der Waals surface area (Å²) in [5, 5.41) is 11.9. The van der Waals surface area contributed by atoms with E-state index < -0.39 is 4.92 Å². The zero-order valence-corrected chi connectivity index (χ0v) is 15.3. The van der Waals surface area contributed by atoms with E-state index >= 15 is 0 Å². The quantitative estimate of drug-likeness (QED) is 0.298. The molecule has 0 saturated heterocycles. The SMILES string of the molecule is Cl.O=C1c2ccccc2-c2nc3ccc([N+](=O)[O-])cc3c(-c3ccccc3)c21. The van der Waals surface area contributed by atoms with Gasteiger partial charge in [0.05, 0.1) is 21.7 Å². The van der Waals surface area contributed by atoms with Gasteiger partial charge >= 0.3 is 0 Å². The molecular formula is C22H13ClN2O3. The molecule has 1 aromatic heterocycles. The van der Waals surface area contributed by atoms with E-state index in [2.05, 4.69) is 0 Å². The number of nitro benzene ring substituents is 1. The maximum absolute atomic E-state index is 13.2. The van der Waals surface area contributed by atoms with Crippen molar-refractivity contribution in [2.45, 2.75) is 0 Å². The van der Waals surface area contributed by atoms with Crippen LogP contribution in [0.5, 0.6) is 0 Å². The number of halogens is 1. The molecule has 0 saturated carbocycles. The molecule has 0 N–H and O–H groups in total. The molecule has 1 aliphatic carbocycles. The maximum Gasteiger partial charge on any atom is 0.270 e. The number of hydrogen-bond acceptors (Lipinski definition) is 4. The summed E-state index contributed by atoms with van der Waals surface area (Å²) in [6.07, 6.45) is 0. The lowest BCUT2D eigenvalue weighted by Crippen LogP contribution is -2.01. The van der Waals surface area contributed by atoms with Crippen LogP contribution in [-0.4, -0.2) is 15.7 Å². The summed E-state index contributed by atoms with van der Waals surface area (Å²) in [7, 11) is 0. The molecule has 0 unspecified atom stereocenters. The van der Waals surface area contributed by atoms with Crippen LogP contribution in [0, 0.1) is 10.1 Å². The minimum atomic E-state index is -0.433. The lowest BCUT2D eigenvalue weighted by molar-refractivity contribution is -0.384. The van der Waals surface area contributed by atoms with Crippen molar-refractivity contribution in [3.63, 3.8) is 0 Å². The molecule has 5 nitrogen and oxygen atoms in total. The third-order valence-electron chi connectivity index (χ3n) is 4.90. The number of nitro groups is 1. The van der Waals surface area contributed by atoms with Gasteiger partial charge in [0.1, 0.15) is 0 Å². The van der Waals surface area contributed by atoms with E-state index in [1.54, 1.807) is 12.1 Å². The Balaban J connectivity index is 0.00000192. The minimum Gasteiger partial charge on any atom is -0.288 e. The van der Waals surface area contributed by atoms with E-state index in [1.165, 1.54) is 12.1 Å². The van der Waals surface area contributed by atoms with Crippen molar-refractivity contribution in [2.75, 3.05) is 0 Å². The van der Waals surface area contributed by atoms with Crippen molar-refractivity contribution in [2.24, 2.45) is 0 Å². The highest BCUT2D eigenvalue weighted by Crippen LogP contribution is 2.44. The van der Waals surface area contributed by atoms with Gasteiger partial charge in [-0.05, 0) is 11.6 Å². The summed E-state index contributed by atoms with van der Waals surface area (Å²) >= 11 is 0. The highest BCUT2D eigenvalue weighted by molar-refractivity contribution is 6.26. The van der Waals surface area contributed by atoms with Crippen LogP contribution in [0.25, 0.3) is 33.3 Å². The van der Waals surface area contributed by atoms with Crippen LogP contribution in [0.3, 0.4) is 0 Å². The van der Waals surface area contributed by atoms with Gasteiger partial charge in [-0.25, -0.2) is 4.98 Å². The first-order valence-corrected chi connectivity index (χ1v) is 8.47. The van der Waals surface area contributed by atoms with E-state index in [9.17, 15) is 14.9 Å². The molecule has 0 radical (unpaired) electrons. The van der Waals surface area contributed by atoms with Crippen LogP contribution in [0.2, 0.25) is 0 Å². The maximum atomic E-state index is 13.2. The van der Waals surface area contributed by atoms with Crippen molar-refractivity contribution in [1.82, 2.24) is 4.98 Å². The molecule has 4 aromatic rings. The highest BCUT2D eigenvalue weighted by atomic mass is 35.5. The van der Waals surface area contributed by atoms with Crippen LogP contribution in [0.4, 0.5) is 5.69 Å². The normalized spacial score (nSPS) is 11.6. The topological polar surface area (TPSA) is 73.1 Å². The number of pyridine rings is 1. The minimum absolute atomic E-state index is 0.